The molecule has 1 atom stereocenters. The number of benzene rings is 1. The predicted octanol–water partition coefficient (Wildman–Crippen LogP) is 1.84. The monoisotopic (exact) mass is 319 g/mol. The van der Waals surface area contributed by atoms with Crippen LogP contribution in [0.1, 0.15) is 0 Å². The molecule has 23 heavy (non-hydrogen) atoms. The van der Waals surface area contributed by atoms with Gasteiger partial charge in [-0.05, 0) is 30.3 Å². The van der Waals surface area contributed by atoms with Crippen LogP contribution in [0.3, 0.4) is 0 Å². The van der Waals surface area contributed by atoms with Gasteiger partial charge in [0.05, 0.1) is 31.5 Å². The molecular formula is C16H18FN3O3. The maximum Gasteiger partial charge on any atom is 0.322 e. The highest BCUT2D eigenvalue weighted by Gasteiger charge is 2.23. The number of hydrogen-bond acceptors (Lipinski definition) is 3. The first kappa shape index (κ1) is 15.5. The molecule has 1 fully saturated rings. The molecule has 122 valence electrons. The van der Waals surface area contributed by atoms with E-state index in [4.69, 9.17) is 9.84 Å². The van der Waals surface area contributed by atoms with E-state index >= 15 is 0 Å². The molecule has 2 heterocycles. The summed E-state index contributed by atoms with van der Waals surface area (Å²) in [5.41, 5.74) is 0.871. The Labute approximate surface area is 133 Å². The minimum Gasteiger partial charge on any atom is -0.394 e. The molecule has 2 aromatic rings. The Bertz CT molecular complexity index is 675. The SMILES string of the molecule is O=C(Nc1ccc(F)c(-n2cccc2)c1)N1CCO[C@H](CO)C1. The maximum atomic E-state index is 13.9. The Hall–Kier alpha value is -2.38. The van der Waals surface area contributed by atoms with Crippen LogP contribution in [0, 0.1) is 5.82 Å². The Morgan fingerprint density at radius 2 is 2.17 bits per heavy atom. The molecule has 2 N–H and O–H groups in total. The summed E-state index contributed by atoms with van der Waals surface area (Å²) >= 11 is 0. The van der Waals surface area contributed by atoms with Crippen molar-refractivity contribution in [1.29, 1.82) is 0 Å². The minimum atomic E-state index is -0.370. The fourth-order valence-electron chi connectivity index (χ4n) is 2.50. The van der Waals surface area contributed by atoms with E-state index in [-0.39, 0.29) is 24.6 Å². The van der Waals surface area contributed by atoms with Gasteiger partial charge < -0.3 is 24.6 Å². The largest absolute Gasteiger partial charge is 0.394 e. The van der Waals surface area contributed by atoms with E-state index < -0.39 is 0 Å². The van der Waals surface area contributed by atoms with Gasteiger partial charge in [-0.2, -0.15) is 0 Å². The molecule has 3 rings (SSSR count). The van der Waals surface area contributed by atoms with Crippen LogP contribution < -0.4 is 5.32 Å². The van der Waals surface area contributed by atoms with Crippen LogP contribution in [0.2, 0.25) is 0 Å². The molecular weight excluding hydrogens is 301 g/mol. The average Bonchev–Trinajstić information content (AvgIpc) is 3.11. The van der Waals surface area contributed by atoms with E-state index in [2.05, 4.69) is 5.32 Å². The van der Waals surface area contributed by atoms with Crippen LogP contribution >= 0.6 is 0 Å². The van der Waals surface area contributed by atoms with Crippen molar-refractivity contribution in [3.05, 3.63) is 48.5 Å². The normalized spacial score (nSPS) is 18.0. The molecule has 6 nitrogen and oxygen atoms in total. The number of hydrogen-bond donors (Lipinski definition) is 2. The molecule has 1 saturated heterocycles. The van der Waals surface area contributed by atoms with E-state index in [1.165, 1.54) is 12.1 Å². The third-order valence-corrected chi connectivity index (χ3v) is 3.71. The van der Waals surface area contributed by atoms with Gasteiger partial charge in [0.25, 0.3) is 0 Å². The van der Waals surface area contributed by atoms with Crippen molar-refractivity contribution in [3.8, 4) is 5.69 Å². The van der Waals surface area contributed by atoms with Crippen LogP contribution in [-0.4, -0.2) is 53.0 Å². The van der Waals surface area contributed by atoms with Crippen molar-refractivity contribution < 1.29 is 19.0 Å². The molecule has 0 unspecified atom stereocenters. The van der Waals surface area contributed by atoms with E-state index in [1.54, 1.807) is 40.1 Å². The van der Waals surface area contributed by atoms with Crippen LogP contribution in [0.4, 0.5) is 14.9 Å². The summed E-state index contributed by atoms with van der Waals surface area (Å²) in [6, 6.07) is 7.72. The minimum absolute atomic E-state index is 0.127. The number of carbonyl (C=O) groups is 1. The van der Waals surface area contributed by atoms with Gasteiger partial charge in [-0.3, -0.25) is 0 Å². The molecule has 0 saturated carbocycles. The molecule has 0 aliphatic carbocycles. The molecule has 1 aromatic heterocycles. The van der Waals surface area contributed by atoms with E-state index in [1.807, 2.05) is 0 Å². The van der Waals surface area contributed by atoms with Crippen LogP contribution in [0.25, 0.3) is 5.69 Å². The summed E-state index contributed by atoms with van der Waals surface area (Å²) in [6.07, 6.45) is 3.11. The Kier molecular flexibility index (Phi) is 4.59. The lowest BCUT2D eigenvalue weighted by Gasteiger charge is -2.32. The van der Waals surface area contributed by atoms with Crippen LogP contribution in [-0.2, 0) is 4.74 Å². The first-order chi connectivity index (χ1) is 11.2. The van der Waals surface area contributed by atoms with Gasteiger partial charge in [-0.25, -0.2) is 9.18 Å². The second-order valence-electron chi connectivity index (χ2n) is 5.31. The van der Waals surface area contributed by atoms with Gasteiger partial charge in [0, 0.05) is 24.6 Å². The van der Waals surface area contributed by atoms with Crippen molar-refractivity contribution in [2.45, 2.75) is 6.10 Å². The van der Waals surface area contributed by atoms with Crippen molar-refractivity contribution in [2.24, 2.45) is 0 Å². The summed E-state index contributed by atoms with van der Waals surface area (Å²) in [4.78, 5) is 13.9. The number of aliphatic hydroxyl groups is 1. The molecule has 0 bridgehead atoms. The van der Waals surface area contributed by atoms with Crippen molar-refractivity contribution in [1.82, 2.24) is 9.47 Å². The number of urea groups is 1. The van der Waals surface area contributed by atoms with Gasteiger partial charge >= 0.3 is 6.03 Å². The molecule has 0 spiro atoms. The Morgan fingerprint density at radius 1 is 1.39 bits per heavy atom. The summed E-state index contributed by atoms with van der Waals surface area (Å²) in [5, 5.41) is 11.9. The van der Waals surface area contributed by atoms with Crippen molar-refractivity contribution >= 4 is 11.7 Å². The number of rotatable bonds is 3. The number of anilines is 1. The van der Waals surface area contributed by atoms with Crippen LogP contribution in [0.5, 0.6) is 0 Å². The number of morpholine rings is 1. The highest BCUT2D eigenvalue weighted by Crippen LogP contribution is 2.19. The number of halogens is 1. The van der Waals surface area contributed by atoms with Gasteiger partial charge in [-0.15, -0.1) is 0 Å². The van der Waals surface area contributed by atoms with Gasteiger partial charge in [0.15, 0.2) is 0 Å². The molecule has 2 amide bonds. The summed E-state index contributed by atoms with van der Waals surface area (Å²) in [5.74, 6) is -0.370. The first-order valence-corrected chi connectivity index (χ1v) is 7.38. The fourth-order valence-corrected chi connectivity index (χ4v) is 2.50. The number of nitrogens with one attached hydrogen (secondary N) is 1. The Balaban J connectivity index is 1.73. The second kappa shape index (κ2) is 6.80. The number of nitrogens with zero attached hydrogens (tertiary/aromatic N) is 2. The summed E-state index contributed by atoms with van der Waals surface area (Å²) < 4.78 is 20.9. The van der Waals surface area contributed by atoms with Gasteiger partial charge in [0.2, 0.25) is 0 Å². The third-order valence-electron chi connectivity index (χ3n) is 3.71. The molecule has 1 aliphatic rings. The highest BCUT2D eigenvalue weighted by molar-refractivity contribution is 5.89. The van der Waals surface area contributed by atoms with E-state index in [0.717, 1.165) is 0 Å². The first-order valence-electron chi connectivity index (χ1n) is 7.38. The lowest BCUT2D eigenvalue weighted by Crippen LogP contribution is -2.48. The summed E-state index contributed by atoms with van der Waals surface area (Å²) in [7, 11) is 0. The van der Waals surface area contributed by atoms with Gasteiger partial charge in [-0.1, -0.05) is 0 Å². The maximum absolute atomic E-state index is 13.9. The smallest absolute Gasteiger partial charge is 0.322 e. The predicted molar refractivity (Wildman–Crippen MR) is 83.1 cm³/mol. The molecule has 0 radical (unpaired) electrons. The van der Waals surface area contributed by atoms with E-state index in [0.29, 0.717) is 31.1 Å². The topological polar surface area (TPSA) is 66.7 Å². The van der Waals surface area contributed by atoms with Crippen molar-refractivity contribution in [2.75, 3.05) is 31.6 Å². The highest BCUT2D eigenvalue weighted by atomic mass is 19.1. The zero-order valence-electron chi connectivity index (χ0n) is 12.5. The van der Waals surface area contributed by atoms with Crippen molar-refractivity contribution in [3.63, 3.8) is 0 Å². The molecule has 1 aromatic carbocycles. The zero-order valence-corrected chi connectivity index (χ0v) is 12.5. The second-order valence-corrected chi connectivity index (χ2v) is 5.31. The molecule has 1 aliphatic heterocycles. The zero-order chi connectivity index (χ0) is 16.2. The summed E-state index contributed by atoms with van der Waals surface area (Å²) in [6.45, 7) is 1.04. The molecule has 7 heteroatoms. The standard InChI is InChI=1S/C16H18FN3O3/c17-14-4-3-12(9-15(14)19-5-1-2-6-19)18-16(22)20-7-8-23-13(10-20)11-21/h1-6,9,13,21H,7-8,10-11H2,(H,18,22)/t13-/m0/s1. The lowest BCUT2D eigenvalue weighted by atomic mass is 10.2. The quantitative estimate of drug-likeness (QED) is 0.907. The van der Waals surface area contributed by atoms with E-state index in [9.17, 15) is 9.18 Å². The van der Waals surface area contributed by atoms with Crippen LogP contribution in [0.15, 0.2) is 42.7 Å². The number of ether oxygens (including phenoxy) is 1. The fraction of sp³-hybridized carbons (Fsp3) is 0.312. The number of aliphatic hydroxyl groups excluding tert-OH is 1. The lowest BCUT2D eigenvalue weighted by molar-refractivity contribution is -0.0388. The Morgan fingerprint density at radius 3 is 2.91 bits per heavy atom. The van der Waals surface area contributed by atoms with Gasteiger partial charge in [0.1, 0.15) is 5.82 Å². The number of carbonyl (C=O) groups excluding carboxylic acids is 1. The third kappa shape index (κ3) is 3.52. The average molecular weight is 319 g/mol. The number of aromatic nitrogens is 1. The number of amides is 2.